The third-order valence-corrected chi connectivity index (χ3v) is 4.14. The van der Waals surface area contributed by atoms with Crippen LogP contribution in [0.15, 0.2) is 42.7 Å². The Labute approximate surface area is 142 Å². The zero-order valence-electron chi connectivity index (χ0n) is 14.2. The van der Waals surface area contributed by atoms with E-state index in [1.54, 1.807) is 6.20 Å². The number of anilines is 1. The molecule has 6 heteroatoms. The van der Waals surface area contributed by atoms with E-state index < -0.39 is 0 Å². The predicted octanol–water partition coefficient (Wildman–Crippen LogP) is 2.96. The normalized spacial score (nSPS) is 20.8. The van der Waals surface area contributed by atoms with Gasteiger partial charge >= 0.3 is 6.03 Å². The number of amides is 2. The van der Waals surface area contributed by atoms with Crippen LogP contribution in [0.25, 0.3) is 0 Å². The van der Waals surface area contributed by atoms with Crippen LogP contribution in [0.3, 0.4) is 0 Å². The van der Waals surface area contributed by atoms with Crippen molar-refractivity contribution in [3.8, 4) is 0 Å². The maximum Gasteiger partial charge on any atom is 0.322 e. The summed E-state index contributed by atoms with van der Waals surface area (Å²) in [6, 6.07) is 10.0. The van der Waals surface area contributed by atoms with Gasteiger partial charge in [-0.3, -0.25) is 4.68 Å². The van der Waals surface area contributed by atoms with Crippen LogP contribution in [-0.4, -0.2) is 46.0 Å². The van der Waals surface area contributed by atoms with Gasteiger partial charge in [-0.25, -0.2) is 4.79 Å². The Morgan fingerprint density at radius 2 is 2.12 bits per heavy atom. The Kier molecular flexibility index (Phi) is 5.15. The van der Waals surface area contributed by atoms with Gasteiger partial charge in [-0.05, 0) is 18.9 Å². The first-order valence-electron chi connectivity index (χ1n) is 8.42. The summed E-state index contributed by atoms with van der Waals surface area (Å²) in [5, 5.41) is 7.25. The zero-order valence-corrected chi connectivity index (χ0v) is 14.2. The average molecular weight is 328 g/mol. The van der Waals surface area contributed by atoms with Gasteiger partial charge in [0.05, 0.1) is 30.6 Å². The molecule has 0 spiro atoms. The SMILES string of the molecule is CC[C@@H]1CN(C(=O)Nc2cnn(Cc3ccccc3)c2)C[C@H](C)O1. The second-order valence-electron chi connectivity index (χ2n) is 6.22. The first-order chi connectivity index (χ1) is 11.6. The topological polar surface area (TPSA) is 59.4 Å². The van der Waals surface area contributed by atoms with Crippen molar-refractivity contribution >= 4 is 11.7 Å². The highest BCUT2D eigenvalue weighted by Crippen LogP contribution is 2.15. The average Bonchev–Trinajstić information content (AvgIpc) is 3.02. The number of urea groups is 1. The van der Waals surface area contributed by atoms with E-state index in [1.165, 1.54) is 5.56 Å². The minimum Gasteiger partial charge on any atom is -0.372 e. The molecule has 1 aromatic carbocycles. The van der Waals surface area contributed by atoms with Crippen LogP contribution in [0.4, 0.5) is 10.5 Å². The largest absolute Gasteiger partial charge is 0.372 e. The van der Waals surface area contributed by atoms with Crippen LogP contribution >= 0.6 is 0 Å². The third kappa shape index (κ3) is 4.14. The number of hydrogen-bond acceptors (Lipinski definition) is 3. The second-order valence-corrected chi connectivity index (χ2v) is 6.22. The standard InChI is InChI=1S/C18H24N4O2/c1-3-17-13-21(10-14(2)24-17)18(23)20-16-9-19-22(12-16)11-15-7-5-4-6-8-15/h4-9,12,14,17H,3,10-11,13H2,1-2H3,(H,20,23)/t14-,17+/m0/s1. The van der Waals surface area contributed by atoms with Crippen molar-refractivity contribution < 1.29 is 9.53 Å². The molecule has 1 aliphatic heterocycles. The molecule has 2 aromatic rings. The van der Waals surface area contributed by atoms with Gasteiger partial charge in [0, 0.05) is 19.3 Å². The molecule has 0 unspecified atom stereocenters. The monoisotopic (exact) mass is 328 g/mol. The predicted molar refractivity (Wildman–Crippen MR) is 93.0 cm³/mol. The summed E-state index contributed by atoms with van der Waals surface area (Å²) < 4.78 is 7.62. The Balaban J connectivity index is 1.59. The molecule has 0 aliphatic carbocycles. The van der Waals surface area contributed by atoms with Gasteiger partial charge in [-0.2, -0.15) is 5.10 Å². The molecule has 2 amide bonds. The van der Waals surface area contributed by atoms with Gasteiger partial charge in [0.2, 0.25) is 0 Å². The maximum atomic E-state index is 12.5. The van der Waals surface area contributed by atoms with E-state index in [9.17, 15) is 4.79 Å². The van der Waals surface area contributed by atoms with Crippen LogP contribution in [0.2, 0.25) is 0 Å². The van der Waals surface area contributed by atoms with Crippen molar-refractivity contribution in [2.75, 3.05) is 18.4 Å². The Morgan fingerprint density at radius 1 is 1.33 bits per heavy atom. The van der Waals surface area contributed by atoms with Crippen LogP contribution in [0, 0.1) is 0 Å². The molecular weight excluding hydrogens is 304 g/mol. The minimum absolute atomic E-state index is 0.0650. The molecule has 1 saturated heterocycles. The lowest BCUT2D eigenvalue weighted by Gasteiger charge is -2.36. The molecule has 6 nitrogen and oxygen atoms in total. The van der Waals surface area contributed by atoms with E-state index in [2.05, 4.69) is 29.5 Å². The minimum atomic E-state index is -0.0946. The van der Waals surface area contributed by atoms with Crippen molar-refractivity contribution in [2.24, 2.45) is 0 Å². The fraction of sp³-hybridized carbons (Fsp3) is 0.444. The van der Waals surface area contributed by atoms with Gasteiger partial charge in [0.15, 0.2) is 0 Å². The number of morpholine rings is 1. The Hall–Kier alpha value is -2.34. The first-order valence-corrected chi connectivity index (χ1v) is 8.42. The summed E-state index contributed by atoms with van der Waals surface area (Å²) in [4.78, 5) is 14.3. The van der Waals surface area contributed by atoms with Gasteiger partial charge in [0.25, 0.3) is 0 Å². The van der Waals surface area contributed by atoms with E-state index in [-0.39, 0.29) is 18.2 Å². The van der Waals surface area contributed by atoms with Gasteiger partial charge in [0.1, 0.15) is 0 Å². The molecule has 3 rings (SSSR count). The lowest BCUT2D eigenvalue weighted by molar-refractivity contribution is -0.0632. The number of hydrogen-bond donors (Lipinski definition) is 1. The molecule has 2 atom stereocenters. The summed E-state index contributed by atoms with van der Waals surface area (Å²) in [6.45, 7) is 6.00. The van der Waals surface area contributed by atoms with Gasteiger partial charge in [-0.1, -0.05) is 37.3 Å². The van der Waals surface area contributed by atoms with E-state index in [0.717, 1.165) is 6.42 Å². The van der Waals surface area contributed by atoms with E-state index >= 15 is 0 Å². The van der Waals surface area contributed by atoms with Crippen molar-refractivity contribution in [3.63, 3.8) is 0 Å². The number of carbonyl (C=O) groups excluding carboxylic acids is 1. The smallest absolute Gasteiger partial charge is 0.322 e. The van der Waals surface area contributed by atoms with E-state index in [0.29, 0.717) is 25.3 Å². The molecule has 1 N–H and O–H groups in total. The number of rotatable bonds is 4. The Bertz CT molecular complexity index is 671. The van der Waals surface area contributed by atoms with Crippen molar-refractivity contribution in [2.45, 2.75) is 39.0 Å². The maximum absolute atomic E-state index is 12.5. The molecule has 1 aromatic heterocycles. The second kappa shape index (κ2) is 7.49. The van der Waals surface area contributed by atoms with Gasteiger partial charge in [-0.15, -0.1) is 0 Å². The number of nitrogens with one attached hydrogen (secondary N) is 1. The molecule has 2 heterocycles. The summed E-state index contributed by atoms with van der Waals surface area (Å²) >= 11 is 0. The lowest BCUT2D eigenvalue weighted by Crippen LogP contribution is -2.50. The molecule has 24 heavy (non-hydrogen) atoms. The highest BCUT2D eigenvalue weighted by molar-refractivity contribution is 5.89. The Morgan fingerprint density at radius 3 is 2.88 bits per heavy atom. The van der Waals surface area contributed by atoms with Crippen LogP contribution < -0.4 is 5.32 Å². The summed E-state index contributed by atoms with van der Waals surface area (Å²) in [5.41, 5.74) is 1.88. The number of ether oxygens (including phenoxy) is 1. The fourth-order valence-electron chi connectivity index (χ4n) is 2.92. The highest BCUT2D eigenvalue weighted by Gasteiger charge is 2.27. The molecule has 1 fully saturated rings. The molecule has 1 aliphatic rings. The number of benzene rings is 1. The molecular formula is C18H24N4O2. The van der Waals surface area contributed by atoms with Gasteiger partial charge < -0.3 is 15.0 Å². The zero-order chi connectivity index (χ0) is 16.9. The van der Waals surface area contributed by atoms with Crippen LogP contribution in [0.5, 0.6) is 0 Å². The fourth-order valence-corrected chi connectivity index (χ4v) is 2.92. The highest BCUT2D eigenvalue weighted by atomic mass is 16.5. The number of nitrogens with zero attached hydrogens (tertiary/aromatic N) is 3. The van der Waals surface area contributed by atoms with E-state index in [1.807, 2.05) is 40.9 Å². The quantitative estimate of drug-likeness (QED) is 0.939. The van der Waals surface area contributed by atoms with Crippen molar-refractivity contribution in [1.29, 1.82) is 0 Å². The summed E-state index contributed by atoms with van der Waals surface area (Å²) in [5.74, 6) is 0. The van der Waals surface area contributed by atoms with Crippen LogP contribution in [0.1, 0.15) is 25.8 Å². The molecule has 0 radical (unpaired) electrons. The number of aromatic nitrogens is 2. The lowest BCUT2D eigenvalue weighted by atomic mass is 10.2. The molecule has 0 saturated carbocycles. The number of carbonyl (C=O) groups is 1. The molecule has 0 bridgehead atoms. The van der Waals surface area contributed by atoms with Crippen molar-refractivity contribution in [1.82, 2.24) is 14.7 Å². The van der Waals surface area contributed by atoms with Crippen molar-refractivity contribution in [3.05, 3.63) is 48.3 Å². The third-order valence-electron chi connectivity index (χ3n) is 4.14. The van der Waals surface area contributed by atoms with Crippen LogP contribution in [-0.2, 0) is 11.3 Å². The summed E-state index contributed by atoms with van der Waals surface area (Å²) in [7, 11) is 0. The van der Waals surface area contributed by atoms with E-state index in [4.69, 9.17) is 4.74 Å². The first kappa shape index (κ1) is 16.5. The molecule has 128 valence electrons. The summed E-state index contributed by atoms with van der Waals surface area (Å²) in [6.07, 6.45) is 4.62.